The maximum atomic E-state index is 12.5. The number of carbonyl (C=O) groups excluding carboxylic acids is 1. The zero-order valence-electron chi connectivity index (χ0n) is 16.9. The molecular formula is C21H20N2O6S. The fraction of sp³-hybridized carbons (Fsp3) is 0.238. The fourth-order valence-corrected chi connectivity index (χ4v) is 3.53. The van der Waals surface area contributed by atoms with Crippen molar-refractivity contribution < 1.29 is 23.4 Å². The van der Waals surface area contributed by atoms with Crippen molar-refractivity contribution in [3.05, 3.63) is 69.5 Å². The average Bonchev–Trinajstić information content (AvgIpc) is 2.72. The molecule has 0 amide bonds. The van der Waals surface area contributed by atoms with E-state index >= 15 is 0 Å². The molecule has 0 spiro atoms. The van der Waals surface area contributed by atoms with E-state index < -0.39 is 11.4 Å². The molecule has 9 heteroatoms. The predicted molar refractivity (Wildman–Crippen MR) is 111 cm³/mol. The van der Waals surface area contributed by atoms with Gasteiger partial charge in [-0.25, -0.2) is 14.8 Å². The highest BCUT2D eigenvalue weighted by Gasteiger charge is 2.20. The topological polar surface area (TPSA) is 101 Å². The van der Waals surface area contributed by atoms with Crippen LogP contribution in [0.3, 0.4) is 0 Å². The summed E-state index contributed by atoms with van der Waals surface area (Å²) in [6, 6.07) is 7.94. The molecule has 0 atom stereocenters. The summed E-state index contributed by atoms with van der Waals surface area (Å²) in [5.74, 6) is 0.378. The summed E-state index contributed by atoms with van der Waals surface area (Å²) in [4.78, 5) is 33.6. The molecule has 0 aliphatic carbocycles. The molecular weight excluding hydrogens is 408 g/mol. The number of hydrogen-bond acceptors (Lipinski definition) is 9. The second kappa shape index (κ2) is 9.45. The summed E-state index contributed by atoms with van der Waals surface area (Å²) in [5, 5.41) is 0.593. The normalized spacial score (nSPS) is 10.5. The van der Waals surface area contributed by atoms with Gasteiger partial charge in [-0.05, 0) is 32.0 Å². The van der Waals surface area contributed by atoms with Crippen molar-refractivity contribution in [2.75, 3.05) is 14.2 Å². The zero-order valence-corrected chi connectivity index (χ0v) is 17.7. The number of carbonyl (C=O) groups is 1. The van der Waals surface area contributed by atoms with Gasteiger partial charge in [0.05, 0.1) is 20.0 Å². The van der Waals surface area contributed by atoms with Crippen molar-refractivity contribution in [3.8, 4) is 17.2 Å². The highest BCUT2D eigenvalue weighted by molar-refractivity contribution is 7.98. The van der Waals surface area contributed by atoms with Gasteiger partial charge in [0.2, 0.25) is 11.2 Å². The molecule has 3 aromatic rings. The standard InChI is InChI=1S/C21H20N2O6S/c1-12-8-13(2)23-21(22-12)30-11-14-9-16(24)18(10-28-14)29-20(25)15-6-5-7-17(26-3)19(15)27-4/h5-10H,11H2,1-4H3. The second-order valence-corrected chi connectivity index (χ2v) is 7.17. The molecule has 8 nitrogen and oxygen atoms in total. The molecule has 0 unspecified atom stereocenters. The minimum Gasteiger partial charge on any atom is -0.493 e. The van der Waals surface area contributed by atoms with Gasteiger partial charge in [0.15, 0.2) is 16.7 Å². The number of aryl methyl sites for hydroxylation is 2. The van der Waals surface area contributed by atoms with E-state index in [-0.39, 0.29) is 17.1 Å². The van der Waals surface area contributed by atoms with Crippen LogP contribution in [0.25, 0.3) is 0 Å². The van der Waals surface area contributed by atoms with Crippen LogP contribution in [0.1, 0.15) is 27.5 Å². The quantitative estimate of drug-likeness (QED) is 0.317. The highest BCUT2D eigenvalue weighted by Crippen LogP contribution is 2.31. The Hall–Kier alpha value is -3.33. The monoisotopic (exact) mass is 428 g/mol. The molecule has 0 saturated heterocycles. The van der Waals surface area contributed by atoms with E-state index in [0.29, 0.717) is 22.4 Å². The lowest BCUT2D eigenvalue weighted by Crippen LogP contribution is -2.15. The first-order valence-corrected chi connectivity index (χ1v) is 9.89. The van der Waals surface area contributed by atoms with Crippen molar-refractivity contribution in [2.45, 2.75) is 24.8 Å². The summed E-state index contributed by atoms with van der Waals surface area (Å²) < 4.78 is 21.1. The van der Waals surface area contributed by atoms with Crippen molar-refractivity contribution in [3.63, 3.8) is 0 Å². The van der Waals surface area contributed by atoms with Crippen LogP contribution in [0.2, 0.25) is 0 Å². The molecule has 1 aromatic carbocycles. The van der Waals surface area contributed by atoms with Gasteiger partial charge in [0.25, 0.3) is 0 Å². The van der Waals surface area contributed by atoms with Crippen LogP contribution in [-0.4, -0.2) is 30.2 Å². The smallest absolute Gasteiger partial charge is 0.347 e. The fourth-order valence-electron chi connectivity index (χ4n) is 2.69. The van der Waals surface area contributed by atoms with E-state index in [2.05, 4.69) is 9.97 Å². The first kappa shape index (κ1) is 21.4. The minimum absolute atomic E-state index is 0.128. The average molecular weight is 428 g/mol. The van der Waals surface area contributed by atoms with Crippen LogP contribution in [0.15, 0.2) is 51.0 Å². The van der Waals surface area contributed by atoms with Crippen molar-refractivity contribution in [2.24, 2.45) is 0 Å². The number of esters is 1. The van der Waals surface area contributed by atoms with Gasteiger partial charge in [0.1, 0.15) is 17.6 Å². The Morgan fingerprint density at radius 1 is 1.07 bits per heavy atom. The van der Waals surface area contributed by atoms with Crippen molar-refractivity contribution >= 4 is 17.7 Å². The summed E-state index contributed by atoms with van der Waals surface area (Å²) in [7, 11) is 2.87. The molecule has 3 rings (SSSR count). The Morgan fingerprint density at radius 2 is 1.80 bits per heavy atom. The van der Waals surface area contributed by atoms with E-state index in [4.69, 9.17) is 18.6 Å². The molecule has 0 N–H and O–H groups in total. The molecule has 0 fully saturated rings. The van der Waals surface area contributed by atoms with Gasteiger partial charge >= 0.3 is 5.97 Å². The largest absolute Gasteiger partial charge is 0.493 e. The lowest BCUT2D eigenvalue weighted by atomic mass is 10.2. The minimum atomic E-state index is -0.760. The second-order valence-electron chi connectivity index (χ2n) is 6.23. The summed E-state index contributed by atoms with van der Waals surface area (Å²) in [5.41, 5.74) is 1.37. The van der Waals surface area contributed by atoms with Crippen LogP contribution in [0, 0.1) is 13.8 Å². The Bertz CT molecular complexity index is 1110. The third-order valence-electron chi connectivity index (χ3n) is 3.98. The maximum Gasteiger partial charge on any atom is 0.347 e. The SMILES string of the molecule is COc1cccc(C(=O)Oc2coc(CSc3nc(C)cc(C)n3)cc2=O)c1OC. The van der Waals surface area contributed by atoms with Gasteiger partial charge in [-0.15, -0.1) is 0 Å². The molecule has 156 valence electrons. The van der Waals surface area contributed by atoms with E-state index in [1.54, 1.807) is 12.1 Å². The van der Waals surface area contributed by atoms with Crippen LogP contribution in [0.4, 0.5) is 0 Å². The number of rotatable bonds is 7. The third-order valence-corrected chi connectivity index (χ3v) is 4.85. The number of nitrogens with zero attached hydrogens (tertiary/aromatic N) is 2. The first-order valence-electron chi connectivity index (χ1n) is 8.91. The number of benzene rings is 1. The lowest BCUT2D eigenvalue weighted by Gasteiger charge is -2.11. The molecule has 2 heterocycles. The predicted octanol–water partition coefficient (Wildman–Crippen LogP) is 3.58. The van der Waals surface area contributed by atoms with E-state index in [9.17, 15) is 9.59 Å². The molecule has 2 aromatic heterocycles. The van der Waals surface area contributed by atoms with Crippen molar-refractivity contribution in [1.82, 2.24) is 9.97 Å². The number of aromatic nitrogens is 2. The van der Waals surface area contributed by atoms with Gasteiger partial charge in [-0.3, -0.25) is 4.79 Å². The number of thioether (sulfide) groups is 1. The lowest BCUT2D eigenvalue weighted by molar-refractivity contribution is 0.0724. The molecule has 30 heavy (non-hydrogen) atoms. The molecule has 0 bridgehead atoms. The first-order chi connectivity index (χ1) is 14.4. The van der Waals surface area contributed by atoms with E-state index in [0.717, 1.165) is 17.7 Å². The summed E-state index contributed by atoms with van der Waals surface area (Å²) in [6.45, 7) is 3.78. The Labute approximate surface area is 177 Å². The Balaban J connectivity index is 1.73. The summed E-state index contributed by atoms with van der Waals surface area (Å²) in [6.07, 6.45) is 1.12. The van der Waals surface area contributed by atoms with Gasteiger partial charge in [0, 0.05) is 17.5 Å². The zero-order chi connectivity index (χ0) is 21.7. The highest BCUT2D eigenvalue weighted by atomic mass is 32.2. The number of para-hydroxylation sites is 1. The number of hydrogen-bond donors (Lipinski definition) is 0. The van der Waals surface area contributed by atoms with Crippen LogP contribution >= 0.6 is 11.8 Å². The number of ether oxygens (including phenoxy) is 3. The van der Waals surface area contributed by atoms with Gasteiger partial charge in [-0.1, -0.05) is 17.8 Å². The van der Waals surface area contributed by atoms with Gasteiger partial charge < -0.3 is 18.6 Å². The third kappa shape index (κ3) is 4.98. The van der Waals surface area contributed by atoms with E-state index in [1.165, 1.54) is 38.1 Å². The van der Waals surface area contributed by atoms with E-state index in [1.807, 2.05) is 19.9 Å². The van der Waals surface area contributed by atoms with Crippen LogP contribution in [-0.2, 0) is 5.75 Å². The van der Waals surface area contributed by atoms with Crippen LogP contribution in [0.5, 0.6) is 17.2 Å². The van der Waals surface area contributed by atoms with Gasteiger partial charge in [-0.2, -0.15) is 0 Å². The molecule has 0 radical (unpaired) electrons. The maximum absolute atomic E-state index is 12.5. The Kier molecular flexibility index (Phi) is 6.73. The van der Waals surface area contributed by atoms with Crippen molar-refractivity contribution in [1.29, 1.82) is 0 Å². The summed E-state index contributed by atoms with van der Waals surface area (Å²) >= 11 is 1.34. The number of methoxy groups -OCH3 is 2. The molecule has 0 aliphatic rings. The Morgan fingerprint density at radius 3 is 2.43 bits per heavy atom. The molecule has 0 saturated carbocycles. The van der Waals surface area contributed by atoms with Crippen LogP contribution < -0.4 is 19.6 Å². The molecule has 0 aliphatic heterocycles.